The van der Waals surface area contributed by atoms with Crippen molar-refractivity contribution < 1.29 is 9.59 Å². The number of anilines is 2. The summed E-state index contributed by atoms with van der Waals surface area (Å²) in [5.41, 5.74) is 4.75. The Kier molecular flexibility index (Phi) is 4.06. The normalized spacial score (nSPS) is 13.2. The molecule has 0 bridgehead atoms. The van der Waals surface area contributed by atoms with Crippen LogP contribution in [0.1, 0.15) is 40.5 Å². The molecule has 6 nitrogen and oxygen atoms in total. The average molecular weight is 310 g/mol. The third-order valence-electron chi connectivity index (χ3n) is 3.94. The van der Waals surface area contributed by atoms with Crippen molar-refractivity contribution in [1.82, 2.24) is 9.97 Å². The number of hydrogen-bond acceptors (Lipinski definition) is 4. The molecule has 0 aliphatic carbocycles. The number of nitrogens with one attached hydrogen (secondary N) is 2. The summed E-state index contributed by atoms with van der Waals surface area (Å²) in [5.74, 6) is -0.214. The number of hydrogen-bond donors (Lipinski definition) is 2. The van der Waals surface area contributed by atoms with Gasteiger partial charge in [0.05, 0.1) is 0 Å². The van der Waals surface area contributed by atoms with E-state index < -0.39 is 0 Å². The molecule has 2 aromatic rings. The Morgan fingerprint density at radius 3 is 2.96 bits per heavy atom. The van der Waals surface area contributed by atoms with Gasteiger partial charge in [-0.15, -0.1) is 0 Å². The number of nitrogens with zero attached hydrogens (tertiary/aromatic N) is 2. The van der Waals surface area contributed by atoms with Crippen LogP contribution in [0.15, 0.2) is 24.7 Å². The molecular weight excluding hydrogens is 292 g/mol. The number of rotatable bonds is 3. The fourth-order valence-corrected chi connectivity index (χ4v) is 2.77. The summed E-state index contributed by atoms with van der Waals surface area (Å²) < 4.78 is 0. The zero-order chi connectivity index (χ0) is 16.4. The standard InChI is InChI=1S/C17H18N4O2/c1-3-11-8-18-9-19-16(11)17(23)20-13-6-10(2)15-12(7-13)4-5-14(22)21-15/h6-9H,3-5H2,1-2H3,(H,20,23)(H,21,22). The molecule has 2 N–H and O–H groups in total. The fraction of sp³-hybridized carbons (Fsp3) is 0.294. The Bertz CT molecular complexity index is 786. The summed E-state index contributed by atoms with van der Waals surface area (Å²) in [5, 5.41) is 5.78. The summed E-state index contributed by atoms with van der Waals surface area (Å²) in [4.78, 5) is 32.0. The molecule has 1 aromatic carbocycles. The summed E-state index contributed by atoms with van der Waals surface area (Å²) in [6, 6.07) is 3.77. The van der Waals surface area contributed by atoms with Crippen molar-refractivity contribution in [2.75, 3.05) is 10.6 Å². The number of benzene rings is 1. The van der Waals surface area contributed by atoms with E-state index in [2.05, 4.69) is 20.6 Å². The molecule has 0 fully saturated rings. The molecule has 3 rings (SSSR count). The number of aromatic nitrogens is 2. The zero-order valence-electron chi connectivity index (χ0n) is 13.1. The van der Waals surface area contributed by atoms with E-state index in [1.165, 1.54) is 6.33 Å². The second-order valence-corrected chi connectivity index (χ2v) is 5.58. The maximum Gasteiger partial charge on any atom is 0.274 e. The van der Waals surface area contributed by atoms with E-state index in [4.69, 9.17) is 0 Å². The molecule has 1 aromatic heterocycles. The molecule has 2 heterocycles. The highest BCUT2D eigenvalue weighted by Crippen LogP contribution is 2.30. The van der Waals surface area contributed by atoms with Gasteiger partial charge in [-0.2, -0.15) is 0 Å². The first kappa shape index (κ1) is 15.1. The van der Waals surface area contributed by atoms with Gasteiger partial charge in [0.2, 0.25) is 5.91 Å². The number of amides is 2. The predicted molar refractivity (Wildman–Crippen MR) is 87.5 cm³/mol. The number of carbonyl (C=O) groups is 2. The van der Waals surface area contributed by atoms with Crippen LogP contribution in [0.25, 0.3) is 0 Å². The molecule has 23 heavy (non-hydrogen) atoms. The second-order valence-electron chi connectivity index (χ2n) is 5.58. The lowest BCUT2D eigenvalue weighted by Crippen LogP contribution is -2.21. The topological polar surface area (TPSA) is 84.0 Å². The minimum atomic E-state index is -0.247. The van der Waals surface area contributed by atoms with Gasteiger partial charge in [0.25, 0.3) is 5.91 Å². The summed E-state index contributed by atoms with van der Waals surface area (Å²) in [6.45, 7) is 3.88. The summed E-state index contributed by atoms with van der Waals surface area (Å²) in [6.07, 6.45) is 4.88. The van der Waals surface area contributed by atoms with Crippen LogP contribution >= 0.6 is 0 Å². The molecule has 0 unspecified atom stereocenters. The van der Waals surface area contributed by atoms with Crippen LogP contribution in [-0.2, 0) is 17.6 Å². The van der Waals surface area contributed by atoms with Crippen LogP contribution in [-0.4, -0.2) is 21.8 Å². The predicted octanol–water partition coefficient (Wildman–Crippen LogP) is 2.48. The van der Waals surface area contributed by atoms with Gasteiger partial charge in [0, 0.05) is 29.6 Å². The lowest BCUT2D eigenvalue weighted by molar-refractivity contribution is -0.116. The first-order chi connectivity index (χ1) is 11.1. The smallest absolute Gasteiger partial charge is 0.274 e. The largest absolute Gasteiger partial charge is 0.326 e. The van der Waals surface area contributed by atoms with Gasteiger partial charge in [-0.3, -0.25) is 9.59 Å². The van der Waals surface area contributed by atoms with Gasteiger partial charge in [-0.1, -0.05) is 6.92 Å². The van der Waals surface area contributed by atoms with Crippen molar-refractivity contribution in [1.29, 1.82) is 0 Å². The molecule has 0 spiro atoms. The van der Waals surface area contributed by atoms with Crippen molar-refractivity contribution >= 4 is 23.2 Å². The fourth-order valence-electron chi connectivity index (χ4n) is 2.77. The highest BCUT2D eigenvalue weighted by atomic mass is 16.2. The number of carbonyl (C=O) groups excluding carboxylic acids is 2. The van der Waals surface area contributed by atoms with Gasteiger partial charge >= 0.3 is 0 Å². The van der Waals surface area contributed by atoms with Crippen LogP contribution in [0.4, 0.5) is 11.4 Å². The molecule has 1 aliphatic heterocycles. The van der Waals surface area contributed by atoms with Crippen molar-refractivity contribution in [2.24, 2.45) is 0 Å². The molecule has 0 atom stereocenters. The van der Waals surface area contributed by atoms with Gasteiger partial charge in [0.1, 0.15) is 12.0 Å². The molecule has 6 heteroatoms. The van der Waals surface area contributed by atoms with Crippen LogP contribution in [0.5, 0.6) is 0 Å². The van der Waals surface area contributed by atoms with E-state index in [9.17, 15) is 9.59 Å². The SMILES string of the molecule is CCc1cncnc1C(=O)Nc1cc(C)c2c(c1)CCC(=O)N2. The van der Waals surface area contributed by atoms with Crippen LogP contribution in [0.2, 0.25) is 0 Å². The average Bonchev–Trinajstić information content (AvgIpc) is 2.55. The Balaban J connectivity index is 1.87. The van der Waals surface area contributed by atoms with Crippen LogP contribution in [0.3, 0.4) is 0 Å². The summed E-state index contributed by atoms with van der Waals surface area (Å²) in [7, 11) is 0. The number of fused-ring (bicyclic) bond motifs is 1. The van der Waals surface area contributed by atoms with Gasteiger partial charge in [-0.25, -0.2) is 9.97 Å². The quantitative estimate of drug-likeness (QED) is 0.912. The molecule has 0 saturated heterocycles. The lowest BCUT2D eigenvalue weighted by Gasteiger charge is -2.20. The molecule has 1 aliphatic rings. The van der Waals surface area contributed by atoms with Gasteiger partial charge in [-0.05, 0) is 43.0 Å². The highest BCUT2D eigenvalue weighted by molar-refractivity contribution is 6.04. The monoisotopic (exact) mass is 310 g/mol. The van der Waals surface area contributed by atoms with Crippen molar-refractivity contribution in [3.05, 3.63) is 47.0 Å². The number of aryl methyl sites for hydroxylation is 3. The first-order valence-corrected chi connectivity index (χ1v) is 7.62. The van der Waals surface area contributed by atoms with Crippen molar-refractivity contribution in [3.8, 4) is 0 Å². The Hall–Kier alpha value is -2.76. The van der Waals surface area contributed by atoms with Gasteiger partial charge in [0.15, 0.2) is 0 Å². The molecule has 0 saturated carbocycles. The van der Waals surface area contributed by atoms with E-state index in [0.29, 0.717) is 30.6 Å². The molecule has 0 radical (unpaired) electrons. The van der Waals surface area contributed by atoms with Crippen molar-refractivity contribution in [3.63, 3.8) is 0 Å². The Morgan fingerprint density at radius 1 is 1.35 bits per heavy atom. The molecular formula is C17H18N4O2. The third kappa shape index (κ3) is 3.06. The van der Waals surface area contributed by atoms with Crippen LogP contribution < -0.4 is 10.6 Å². The minimum absolute atomic E-state index is 0.0333. The lowest BCUT2D eigenvalue weighted by atomic mass is 9.98. The maximum atomic E-state index is 12.5. The molecule has 2 amide bonds. The van der Waals surface area contributed by atoms with E-state index >= 15 is 0 Å². The van der Waals surface area contributed by atoms with E-state index in [1.807, 2.05) is 26.0 Å². The van der Waals surface area contributed by atoms with Crippen LogP contribution in [0, 0.1) is 6.92 Å². The Morgan fingerprint density at radius 2 is 2.17 bits per heavy atom. The summed E-state index contributed by atoms with van der Waals surface area (Å²) >= 11 is 0. The third-order valence-corrected chi connectivity index (χ3v) is 3.94. The van der Waals surface area contributed by atoms with E-state index in [0.717, 1.165) is 22.4 Å². The van der Waals surface area contributed by atoms with Crippen molar-refractivity contribution in [2.45, 2.75) is 33.1 Å². The van der Waals surface area contributed by atoms with Gasteiger partial charge < -0.3 is 10.6 Å². The first-order valence-electron chi connectivity index (χ1n) is 7.62. The maximum absolute atomic E-state index is 12.5. The molecule has 118 valence electrons. The highest BCUT2D eigenvalue weighted by Gasteiger charge is 2.19. The zero-order valence-corrected chi connectivity index (χ0v) is 13.1. The van der Waals surface area contributed by atoms with E-state index in [1.54, 1.807) is 6.20 Å². The Labute approximate surface area is 134 Å². The van der Waals surface area contributed by atoms with E-state index in [-0.39, 0.29) is 11.8 Å². The minimum Gasteiger partial charge on any atom is -0.326 e. The second kappa shape index (κ2) is 6.16.